The van der Waals surface area contributed by atoms with Gasteiger partial charge in [-0.15, -0.1) is 0 Å². The molecule has 3 rings (SSSR count). The van der Waals surface area contributed by atoms with E-state index >= 15 is 0 Å². The fourth-order valence-corrected chi connectivity index (χ4v) is 3.35. The second-order valence-electron chi connectivity index (χ2n) is 5.90. The number of allylic oxidation sites excluding steroid dienone is 2. The lowest BCUT2D eigenvalue weighted by atomic mass is 9.93. The molecular formula is C16H23N3O. The Morgan fingerprint density at radius 1 is 1.40 bits per heavy atom. The molecule has 0 saturated heterocycles. The summed E-state index contributed by atoms with van der Waals surface area (Å²) in [4.78, 5) is 12.2. The molecule has 0 aliphatic heterocycles. The zero-order chi connectivity index (χ0) is 13.9. The number of fused-ring (bicyclic) bond motifs is 1. The Labute approximate surface area is 120 Å². The molecule has 0 radical (unpaired) electrons. The molecule has 0 bridgehead atoms. The summed E-state index contributed by atoms with van der Waals surface area (Å²) in [5.41, 5.74) is 3.81. The molecule has 0 saturated carbocycles. The molecule has 1 heterocycles. The monoisotopic (exact) mass is 273 g/mol. The second-order valence-corrected chi connectivity index (χ2v) is 5.90. The lowest BCUT2D eigenvalue weighted by Gasteiger charge is -2.17. The molecule has 1 atom stereocenters. The zero-order valence-electron chi connectivity index (χ0n) is 12.2. The maximum Gasteiger partial charge on any atom is 0.223 e. The van der Waals surface area contributed by atoms with Gasteiger partial charge in [-0.25, -0.2) is 0 Å². The molecule has 1 aromatic heterocycles. The van der Waals surface area contributed by atoms with Gasteiger partial charge in [-0.3, -0.25) is 9.48 Å². The molecule has 0 fully saturated rings. The highest BCUT2D eigenvalue weighted by Crippen LogP contribution is 2.24. The van der Waals surface area contributed by atoms with Gasteiger partial charge in [-0.2, -0.15) is 5.10 Å². The average Bonchev–Trinajstić information content (AvgIpc) is 2.83. The number of aromatic nitrogens is 2. The van der Waals surface area contributed by atoms with E-state index < -0.39 is 0 Å². The lowest BCUT2D eigenvalue weighted by molar-refractivity contribution is -0.125. The summed E-state index contributed by atoms with van der Waals surface area (Å²) in [6.45, 7) is 0.586. The SMILES string of the molecule is Cn1nc(CNC(=O)C2CC=CCC2)c2c1CCCC2. The van der Waals surface area contributed by atoms with Crippen molar-refractivity contribution in [2.24, 2.45) is 13.0 Å². The van der Waals surface area contributed by atoms with Crippen LogP contribution in [-0.4, -0.2) is 15.7 Å². The fraction of sp³-hybridized carbons (Fsp3) is 0.625. The normalized spacial score (nSPS) is 21.6. The van der Waals surface area contributed by atoms with Crippen LogP contribution in [0, 0.1) is 5.92 Å². The van der Waals surface area contributed by atoms with Gasteiger partial charge in [0.15, 0.2) is 0 Å². The van der Waals surface area contributed by atoms with Gasteiger partial charge in [0, 0.05) is 18.7 Å². The summed E-state index contributed by atoms with van der Waals surface area (Å²) < 4.78 is 2.00. The van der Waals surface area contributed by atoms with Crippen LogP contribution in [0.15, 0.2) is 12.2 Å². The van der Waals surface area contributed by atoms with Crippen LogP contribution in [-0.2, 0) is 31.2 Å². The number of rotatable bonds is 3. The van der Waals surface area contributed by atoms with E-state index in [4.69, 9.17) is 0 Å². The number of hydrogen-bond acceptors (Lipinski definition) is 2. The van der Waals surface area contributed by atoms with Crippen molar-refractivity contribution in [1.29, 1.82) is 0 Å². The lowest BCUT2D eigenvalue weighted by Crippen LogP contribution is -2.31. The van der Waals surface area contributed by atoms with E-state index in [2.05, 4.69) is 22.6 Å². The van der Waals surface area contributed by atoms with Gasteiger partial charge >= 0.3 is 0 Å². The van der Waals surface area contributed by atoms with Gasteiger partial charge in [-0.05, 0) is 50.5 Å². The molecule has 1 N–H and O–H groups in total. The largest absolute Gasteiger partial charge is 0.350 e. The molecular weight excluding hydrogens is 250 g/mol. The Balaban J connectivity index is 1.63. The minimum Gasteiger partial charge on any atom is -0.350 e. The highest BCUT2D eigenvalue weighted by Gasteiger charge is 2.22. The summed E-state index contributed by atoms with van der Waals surface area (Å²) in [6.07, 6.45) is 11.9. The van der Waals surface area contributed by atoms with E-state index in [1.54, 1.807) is 0 Å². The van der Waals surface area contributed by atoms with Crippen molar-refractivity contribution in [1.82, 2.24) is 15.1 Å². The molecule has 2 aliphatic carbocycles. The molecule has 1 unspecified atom stereocenters. The van der Waals surface area contributed by atoms with Gasteiger partial charge in [0.1, 0.15) is 0 Å². The van der Waals surface area contributed by atoms with Crippen molar-refractivity contribution in [3.8, 4) is 0 Å². The van der Waals surface area contributed by atoms with Gasteiger partial charge in [-0.1, -0.05) is 12.2 Å². The highest BCUT2D eigenvalue weighted by molar-refractivity contribution is 5.78. The predicted octanol–water partition coefficient (Wildman–Crippen LogP) is 2.27. The predicted molar refractivity (Wildman–Crippen MR) is 78.2 cm³/mol. The smallest absolute Gasteiger partial charge is 0.223 e. The molecule has 4 nitrogen and oxygen atoms in total. The third-order valence-electron chi connectivity index (χ3n) is 4.52. The van der Waals surface area contributed by atoms with E-state index in [9.17, 15) is 4.79 Å². The van der Waals surface area contributed by atoms with Crippen molar-refractivity contribution >= 4 is 5.91 Å². The number of carbonyl (C=O) groups excluding carboxylic acids is 1. The van der Waals surface area contributed by atoms with E-state index in [1.165, 1.54) is 24.1 Å². The van der Waals surface area contributed by atoms with Gasteiger partial charge in [0.25, 0.3) is 0 Å². The van der Waals surface area contributed by atoms with Crippen LogP contribution in [0.1, 0.15) is 49.1 Å². The van der Waals surface area contributed by atoms with Gasteiger partial charge < -0.3 is 5.32 Å². The first-order chi connectivity index (χ1) is 9.75. The summed E-state index contributed by atoms with van der Waals surface area (Å²) in [5, 5.41) is 7.68. The molecule has 2 aliphatic rings. The zero-order valence-corrected chi connectivity index (χ0v) is 12.2. The first-order valence-electron chi connectivity index (χ1n) is 7.72. The quantitative estimate of drug-likeness (QED) is 0.859. The maximum atomic E-state index is 12.2. The third-order valence-corrected chi connectivity index (χ3v) is 4.52. The third kappa shape index (κ3) is 2.65. The van der Waals surface area contributed by atoms with Crippen LogP contribution < -0.4 is 5.32 Å². The Morgan fingerprint density at radius 3 is 3.05 bits per heavy atom. The topological polar surface area (TPSA) is 46.9 Å². The van der Waals surface area contributed by atoms with Crippen molar-refractivity contribution in [2.75, 3.05) is 0 Å². The van der Waals surface area contributed by atoms with Gasteiger partial charge in [0.2, 0.25) is 5.91 Å². The Hall–Kier alpha value is -1.58. The molecule has 20 heavy (non-hydrogen) atoms. The van der Waals surface area contributed by atoms with E-state index in [-0.39, 0.29) is 11.8 Å². The summed E-state index contributed by atoms with van der Waals surface area (Å²) in [7, 11) is 2.02. The molecule has 4 heteroatoms. The average molecular weight is 273 g/mol. The van der Waals surface area contributed by atoms with E-state index in [0.29, 0.717) is 6.54 Å². The van der Waals surface area contributed by atoms with E-state index in [1.807, 2.05) is 11.7 Å². The fourth-order valence-electron chi connectivity index (χ4n) is 3.35. The Morgan fingerprint density at radius 2 is 2.25 bits per heavy atom. The number of carbonyl (C=O) groups is 1. The number of amides is 1. The first kappa shape index (κ1) is 13.4. The van der Waals surface area contributed by atoms with E-state index in [0.717, 1.165) is 37.8 Å². The number of nitrogens with one attached hydrogen (secondary N) is 1. The van der Waals surface area contributed by atoms with Crippen molar-refractivity contribution in [2.45, 2.75) is 51.5 Å². The summed E-state index contributed by atoms with van der Waals surface area (Å²) >= 11 is 0. The van der Waals surface area contributed by atoms with Crippen molar-refractivity contribution < 1.29 is 4.79 Å². The molecule has 0 spiro atoms. The van der Waals surface area contributed by atoms with Crippen LogP contribution in [0.5, 0.6) is 0 Å². The van der Waals surface area contributed by atoms with Crippen molar-refractivity contribution in [3.63, 3.8) is 0 Å². The number of hydrogen-bond donors (Lipinski definition) is 1. The first-order valence-corrected chi connectivity index (χ1v) is 7.72. The van der Waals surface area contributed by atoms with Crippen LogP contribution in [0.25, 0.3) is 0 Å². The second kappa shape index (κ2) is 5.81. The van der Waals surface area contributed by atoms with Crippen LogP contribution >= 0.6 is 0 Å². The molecule has 0 aromatic carbocycles. The van der Waals surface area contributed by atoms with Crippen LogP contribution in [0.2, 0.25) is 0 Å². The number of aryl methyl sites for hydroxylation is 1. The molecule has 1 aromatic rings. The minimum absolute atomic E-state index is 0.152. The Bertz CT molecular complexity index is 530. The highest BCUT2D eigenvalue weighted by atomic mass is 16.1. The standard InChI is InChI=1S/C16H23N3O/c1-19-15-10-6-5-9-13(15)14(18-19)11-17-16(20)12-7-3-2-4-8-12/h2-3,12H,4-11H2,1H3,(H,17,20). The minimum atomic E-state index is 0.152. The summed E-state index contributed by atoms with van der Waals surface area (Å²) in [6, 6.07) is 0. The molecule has 108 valence electrons. The Kier molecular flexibility index (Phi) is 3.90. The van der Waals surface area contributed by atoms with Crippen molar-refractivity contribution in [3.05, 3.63) is 29.1 Å². The van der Waals surface area contributed by atoms with Crippen LogP contribution in [0.3, 0.4) is 0 Å². The summed E-state index contributed by atoms with van der Waals surface area (Å²) in [5.74, 6) is 0.337. The maximum absolute atomic E-state index is 12.2. The molecule has 1 amide bonds. The number of nitrogens with zero attached hydrogens (tertiary/aromatic N) is 2. The van der Waals surface area contributed by atoms with Crippen LogP contribution in [0.4, 0.5) is 0 Å². The van der Waals surface area contributed by atoms with Gasteiger partial charge in [0.05, 0.1) is 12.2 Å².